The molecule has 2 rings (SSSR count). The molecule has 0 unspecified atom stereocenters. The van der Waals surface area contributed by atoms with Crippen LogP contribution in [0.3, 0.4) is 0 Å². The van der Waals surface area contributed by atoms with Crippen molar-refractivity contribution >= 4 is 5.96 Å². The van der Waals surface area contributed by atoms with Crippen LogP contribution in [0.5, 0.6) is 5.75 Å². The van der Waals surface area contributed by atoms with Crippen LogP contribution in [0.15, 0.2) is 29.3 Å². The third-order valence-corrected chi connectivity index (χ3v) is 4.59. The van der Waals surface area contributed by atoms with Crippen LogP contribution in [0.1, 0.15) is 25.3 Å². The first-order valence-electron chi connectivity index (χ1n) is 9.00. The molecule has 1 aromatic rings. The Bertz CT molecular complexity index is 542. The Morgan fingerprint density at radius 1 is 1.20 bits per heavy atom. The van der Waals surface area contributed by atoms with E-state index in [-0.39, 0.29) is 5.60 Å². The average molecular weight is 349 g/mol. The van der Waals surface area contributed by atoms with E-state index in [9.17, 15) is 0 Å². The highest BCUT2D eigenvalue weighted by Crippen LogP contribution is 2.24. The molecule has 0 amide bonds. The lowest BCUT2D eigenvalue weighted by atomic mass is 9.94. The Hall–Kier alpha value is -1.79. The second-order valence-electron chi connectivity index (χ2n) is 6.18. The van der Waals surface area contributed by atoms with Gasteiger partial charge in [-0.2, -0.15) is 0 Å². The molecule has 0 bridgehead atoms. The van der Waals surface area contributed by atoms with Crippen molar-refractivity contribution in [2.24, 2.45) is 4.99 Å². The monoisotopic (exact) mass is 349 g/mol. The van der Waals surface area contributed by atoms with Crippen LogP contribution >= 0.6 is 0 Å². The zero-order valence-corrected chi connectivity index (χ0v) is 15.6. The van der Waals surface area contributed by atoms with E-state index in [0.29, 0.717) is 6.54 Å². The van der Waals surface area contributed by atoms with Gasteiger partial charge in [-0.3, -0.25) is 4.99 Å². The van der Waals surface area contributed by atoms with Gasteiger partial charge in [-0.1, -0.05) is 18.2 Å². The van der Waals surface area contributed by atoms with Gasteiger partial charge < -0.3 is 24.8 Å². The van der Waals surface area contributed by atoms with Crippen LogP contribution in [-0.2, 0) is 15.9 Å². The molecule has 1 aliphatic rings. The molecule has 1 fully saturated rings. The quantitative estimate of drug-likeness (QED) is 0.555. The predicted octanol–water partition coefficient (Wildman–Crippen LogP) is 1.99. The first kappa shape index (κ1) is 19.5. The summed E-state index contributed by atoms with van der Waals surface area (Å²) in [6, 6.07) is 8.10. The van der Waals surface area contributed by atoms with E-state index in [1.165, 1.54) is 5.56 Å². The summed E-state index contributed by atoms with van der Waals surface area (Å²) in [6.45, 7) is 5.79. The summed E-state index contributed by atoms with van der Waals surface area (Å²) < 4.78 is 16.6. The van der Waals surface area contributed by atoms with Crippen LogP contribution in [0.2, 0.25) is 0 Å². The lowest BCUT2D eigenvalue weighted by Crippen LogP contribution is -2.44. The van der Waals surface area contributed by atoms with Crippen LogP contribution in [0, 0.1) is 0 Å². The Kier molecular flexibility index (Phi) is 8.01. The minimum Gasteiger partial charge on any atom is -0.496 e. The van der Waals surface area contributed by atoms with E-state index >= 15 is 0 Å². The minimum absolute atomic E-state index is 0.205. The summed E-state index contributed by atoms with van der Waals surface area (Å²) in [5.41, 5.74) is 0.981. The number of nitrogens with one attached hydrogen (secondary N) is 2. The van der Waals surface area contributed by atoms with Crippen molar-refractivity contribution in [3.63, 3.8) is 0 Å². The van der Waals surface area contributed by atoms with Crippen molar-refractivity contribution in [3.8, 4) is 5.75 Å². The van der Waals surface area contributed by atoms with E-state index in [1.807, 2.05) is 18.2 Å². The maximum Gasteiger partial charge on any atom is 0.191 e. The van der Waals surface area contributed by atoms with Gasteiger partial charge in [-0.15, -0.1) is 0 Å². The molecule has 0 spiro atoms. The Morgan fingerprint density at radius 3 is 2.64 bits per heavy atom. The summed E-state index contributed by atoms with van der Waals surface area (Å²) in [4.78, 5) is 4.74. The molecule has 25 heavy (non-hydrogen) atoms. The van der Waals surface area contributed by atoms with Crippen LogP contribution < -0.4 is 15.4 Å². The Morgan fingerprint density at radius 2 is 1.96 bits per heavy atom. The summed E-state index contributed by atoms with van der Waals surface area (Å²) in [5, 5.41) is 6.70. The number of aliphatic imine (C=N–C) groups is 1. The molecule has 1 saturated heterocycles. The molecule has 140 valence electrons. The molecule has 6 nitrogen and oxygen atoms in total. The smallest absolute Gasteiger partial charge is 0.191 e. The summed E-state index contributed by atoms with van der Waals surface area (Å²) in [5.74, 6) is 1.74. The summed E-state index contributed by atoms with van der Waals surface area (Å²) in [7, 11) is 3.47. The number of methoxy groups -OCH3 is 2. The average Bonchev–Trinajstić information content (AvgIpc) is 2.67. The van der Waals surface area contributed by atoms with Gasteiger partial charge in [0, 0.05) is 46.3 Å². The highest BCUT2D eigenvalue weighted by Gasteiger charge is 2.32. The van der Waals surface area contributed by atoms with Gasteiger partial charge in [0.05, 0.1) is 19.3 Å². The number of hydrogen-bond acceptors (Lipinski definition) is 4. The van der Waals surface area contributed by atoms with Crippen LogP contribution in [-0.4, -0.2) is 58.6 Å². The van der Waals surface area contributed by atoms with Gasteiger partial charge in [0.1, 0.15) is 5.75 Å². The first-order chi connectivity index (χ1) is 12.2. The normalized spacial score (nSPS) is 17.2. The molecule has 0 radical (unpaired) electrons. The van der Waals surface area contributed by atoms with Crippen molar-refractivity contribution in [3.05, 3.63) is 29.8 Å². The second-order valence-corrected chi connectivity index (χ2v) is 6.18. The lowest BCUT2D eigenvalue weighted by molar-refractivity contribution is -0.0828. The molecule has 0 aliphatic carbocycles. The molecule has 6 heteroatoms. The number of benzene rings is 1. The summed E-state index contributed by atoms with van der Waals surface area (Å²) >= 11 is 0. The fourth-order valence-electron chi connectivity index (χ4n) is 2.96. The predicted molar refractivity (Wildman–Crippen MR) is 100 cm³/mol. The fraction of sp³-hybridized carbons (Fsp3) is 0.632. The van der Waals surface area contributed by atoms with Crippen LogP contribution in [0.25, 0.3) is 0 Å². The number of hydrogen-bond donors (Lipinski definition) is 2. The maximum absolute atomic E-state index is 5.75. The van der Waals surface area contributed by atoms with Gasteiger partial charge in [0.25, 0.3) is 0 Å². The Labute approximate surface area is 151 Å². The molecular weight excluding hydrogens is 318 g/mol. The largest absolute Gasteiger partial charge is 0.496 e. The number of para-hydroxylation sites is 1. The topological polar surface area (TPSA) is 64.1 Å². The van der Waals surface area contributed by atoms with Crippen molar-refractivity contribution in [2.45, 2.75) is 31.8 Å². The third kappa shape index (κ3) is 5.90. The maximum atomic E-state index is 5.75. The second kappa shape index (κ2) is 10.3. The van der Waals surface area contributed by atoms with Gasteiger partial charge in [0.15, 0.2) is 5.96 Å². The van der Waals surface area contributed by atoms with E-state index < -0.39 is 0 Å². The third-order valence-electron chi connectivity index (χ3n) is 4.59. The number of nitrogens with zero attached hydrogens (tertiary/aromatic N) is 1. The standard InChI is InChI=1S/C19H31N3O3/c1-4-20-18(22-15-19(24-3)10-13-25-14-11-19)21-12-9-16-7-5-6-8-17(16)23-2/h5-8H,4,9-15H2,1-3H3,(H2,20,21,22). The lowest BCUT2D eigenvalue weighted by Gasteiger charge is -2.34. The van der Waals surface area contributed by atoms with E-state index in [4.69, 9.17) is 19.2 Å². The Balaban J connectivity index is 1.91. The van der Waals surface area contributed by atoms with E-state index in [0.717, 1.165) is 57.3 Å². The fourth-order valence-corrected chi connectivity index (χ4v) is 2.96. The molecule has 0 aromatic heterocycles. The van der Waals surface area contributed by atoms with Crippen molar-refractivity contribution in [1.82, 2.24) is 10.6 Å². The van der Waals surface area contributed by atoms with E-state index in [1.54, 1.807) is 14.2 Å². The first-order valence-corrected chi connectivity index (χ1v) is 9.00. The molecular formula is C19H31N3O3. The summed E-state index contributed by atoms with van der Waals surface area (Å²) in [6.07, 6.45) is 2.64. The molecule has 1 heterocycles. The van der Waals surface area contributed by atoms with Gasteiger partial charge >= 0.3 is 0 Å². The molecule has 1 aromatic carbocycles. The SMILES string of the molecule is CCNC(=NCC1(OC)CCOCC1)NCCc1ccccc1OC. The molecule has 0 saturated carbocycles. The van der Waals surface area contributed by atoms with Gasteiger partial charge in [-0.25, -0.2) is 0 Å². The van der Waals surface area contributed by atoms with Crippen molar-refractivity contribution in [2.75, 3.05) is 47.1 Å². The van der Waals surface area contributed by atoms with Crippen molar-refractivity contribution < 1.29 is 14.2 Å². The van der Waals surface area contributed by atoms with E-state index in [2.05, 4.69) is 23.6 Å². The zero-order chi connectivity index (χ0) is 18.0. The van der Waals surface area contributed by atoms with Crippen molar-refractivity contribution in [1.29, 1.82) is 0 Å². The zero-order valence-electron chi connectivity index (χ0n) is 15.6. The van der Waals surface area contributed by atoms with Gasteiger partial charge in [0.2, 0.25) is 0 Å². The molecule has 0 atom stereocenters. The highest BCUT2D eigenvalue weighted by atomic mass is 16.5. The molecule has 2 N–H and O–H groups in total. The number of rotatable bonds is 8. The number of guanidine groups is 1. The highest BCUT2D eigenvalue weighted by molar-refractivity contribution is 5.79. The minimum atomic E-state index is -0.205. The molecule has 1 aliphatic heterocycles. The number of ether oxygens (including phenoxy) is 3. The van der Waals surface area contributed by atoms with Gasteiger partial charge in [-0.05, 0) is 25.0 Å². The van der Waals surface area contributed by atoms with Crippen LogP contribution in [0.4, 0.5) is 0 Å².